The smallest absolute Gasteiger partial charge is 0.123 e. The molecule has 0 saturated heterocycles. The van der Waals surface area contributed by atoms with Crippen molar-refractivity contribution in [3.8, 4) is 0 Å². The van der Waals surface area contributed by atoms with Gasteiger partial charge in [0.1, 0.15) is 5.82 Å². The first-order valence-corrected chi connectivity index (χ1v) is 6.16. The van der Waals surface area contributed by atoms with Crippen LogP contribution in [0.1, 0.15) is 18.1 Å². The van der Waals surface area contributed by atoms with Gasteiger partial charge in [-0.15, -0.1) is 0 Å². The van der Waals surface area contributed by atoms with Gasteiger partial charge in [0.05, 0.1) is 5.60 Å². The molecule has 1 atom stereocenters. The molecule has 2 rings (SSSR count). The molecule has 0 bridgehead atoms. The highest BCUT2D eigenvalue weighted by Gasteiger charge is 2.22. The average Bonchev–Trinajstić information content (AvgIpc) is 2.40. The summed E-state index contributed by atoms with van der Waals surface area (Å²) < 4.78 is 12.8. The van der Waals surface area contributed by atoms with Gasteiger partial charge >= 0.3 is 0 Å². The molecule has 0 aliphatic carbocycles. The van der Waals surface area contributed by atoms with E-state index in [1.807, 2.05) is 12.1 Å². The second-order valence-electron chi connectivity index (χ2n) is 4.75. The van der Waals surface area contributed by atoms with Gasteiger partial charge in [0.25, 0.3) is 0 Å². The van der Waals surface area contributed by atoms with Crippen molar-refractivity contribution in [2.45, 2.75) is 19.1 Å². The van der Waals surface area contributed by atoms with E-state index < -0.39 is 5.60 Å². The minimum atomic E-state index is -1.03. The molecule has 100 valence electrons. The fraction of sp³-hybridized carbons (Fsp3) is 0.267. The van der Waals surface area contributed by atoms with Crippen LogP contribution in [0.5, 0.6) is 0 Å². The predicted octanol–water partition coefficient (Wildman–Crippen LogP) is 2.22. The van der Waals surface area contributed by atoms with Crippen molar-refractivity contribution in [1.29, 1.82) is 0 Å². The minimum absolute atomic E-state index is 0.303. The third kappa shape index (κ3) is 3.84. The Hall–Kier alpha value is -1.78. The standard InChI is InChI=1S/C15H17FN2O/c1-15(19,13-4-6-14(16)7-5-13)11-18-10-12-3-2-8-17-9-12/h2-9,18-19H,10-11H2,1H3. The molecule has 0 aliphatic rings. The fourth-order valence-electron chi connectivity index (χ4n) is 1.86. The summed E-state index contributed by atoms with van der Waals surface area (Å²) in [6.45, 7) is 2.72. The Morgan fingerprint density at radius 1 is 1.26 bits per heavy atom. The monoisotopic (exact) mass is 260 g/mol. The summed E-state index contributed by atoms with van der Waals surface area (Å²) in [7, 11) is 0. The molecule has 19 heavy (non-hydrogen) atoms. The lowest BCUT2D eigenvalue weighted by Gasteiger charge is -2.24. The highest BCUT2D eigenvalue weighted by atomic mass is 19.1. The summed E-state index contributed by atoms with van der Waals surface area (Å²) in [4.78, 5) is 4.02. The molecule has 1 heterocycles. The van der Waals surface area contributed by atoms with E-state index in [-0.39, 0.29) is 5.82 Å². The molecule has 4 heteroatoms. The quantitative estimate of drug-likeness (QED) is 0.866. The van der Waals surface area contributed by atoms with E-state index in [0.29, 0.717) is 18.7 Å². The first-order chi connectivity index (χ1) is 9.08. The van der Waals surface area contributed by atoms with Crippen molar-refractivity contribution >= 4 is 0 Å². The number of rotatable bonds is 5. The van der Waals surface area contributed by atoms with Crippen LogP contribution < -0.4 is 5.32 Å². The molecule has 0 saturated carbocycles. The minimum Gasteiger partial charge on any atom is -0.384 e. The topological polar surface area (TPSA) is 45.1 Å². The zero-order valence-electron chi connectivity index (χ0n) is 10.8. The van der Waals surface area contributed by atoms with Crippen LogP contribution in [0.15, 0.2) is 48.8 Å². The molecular weight excluding hydrogens is 243 g/mol. The molecule has 2 aromatic rings. The summed E-state index contributed by atoms with van der Waals surface area (Å²) in [6, 6.07) is 9.74. The highest BCUT2D eigenvalue weighted by Crippen LogP contribution is 2.19. The molecule has 0 fully saturated rings. The average molecular weight is 260 g/mol. The van der Waals surface area contributed by atoms with Crippen LogP contribution in [-0.4, -0.2) is 16.6 Å². The van der Waals surface area contributed by atoms with E-state index in [0.717, 1.165) is 5.56 Å². The Balaban J connectivity index is 1.92. The van der Waals surface area contributed by atoms with E-state index >= 15 is 0 Å². The number of hydrogen-bond donors (Lipinski definition) is 2. The number of hydrogen-bond acceptors (Lipinski definition) is 3. The predicted molar refractivity (Wildman–Crippen MR) is 71.9 cm³/mol. The third-order valence-corrected chi connectivity index (χ3v) is 2.99. The molecule has 0 radical (unpaired) electrons. The van der Waals surface area contributed by atoms with E-state index in [4.69, 9.17) is 0 Å². The lowest BCUT2D eigenvalue weighted by atomic mass is 9.96. The van der Waals surface area contributed by atoms with Crippen LogP contribution in [0.4, 0.5) is 4.39 Å². The number of aromatic nitrogens is 1. The molecule has 1 aromatic carbocycles. The van der Waals surface area contributed by atoms with Crippen molar-refractivity contribution < 1.29 is 9.50 Å². The zero-order chi connectivity index (χ0) is 13.7. The molecule has 0 amide bonds. The van der Waals surface area contributed by atoms with Crippen LogP contribution in [-0.2, 0) is 12.1 Å². The Kier molecular flexibility index (Phi) is 4.24. The molecule has 2 N–H and O–H groups in total. The fourth-order valence-corrected chi connectivity index (χ4v) is 1.86. The lowest BCUT2D eigenvalue weighted by molar-refractivity contribution is 0.0566. The van der Waals surface area contributed by atoms with Crippen LogP contribution in [0.25, 0.3) is 0 Å². The second-order valence-corrected chi connectivity index (χ2v) is 4.75. The van der Waals surface area contributed by atoms with Gasteiger partial charge in [-0.1, -0.05) is 18.2 Å². The van der Waals surface area contributed by atoms with Gasteiger partial charge in [-0.25, -0.2) is 4.39 Å². The van der Waals surface area contributed by atoms with Crippen LogP contribution in [0.3, 0.4) is 0 Å². The van der Waals surface area contributed by atoms with E-state index in [2.05, 4.69) is 10.3 Å². The first kappa shape index (κ1) is 13.6. The first-order valence-electron chi connectivity index (χ1n) is 6.16. The van der Waals surface area contributed by atoms with Gasteiger partial charge < -0.3 is 10.4 Å². The number of aliphatic hydroxyl groups is 1. The molecule has 3 nitrogen and oxygen atoms in total. The SMILES string of the molecule is CC(O)(CNCc1cccnc1)c1ccc(F)cc1. The Morgan fingerprint density at radius 2 is 2.00 bits per heavy atom. The van der Waals surface area contributed by atoms with Crippen molar-refractivity contribution in [2.75, 3.05) is 6.54 Å². The normalized spacial score (nSPS) is 14.1. The van der Waals surface area contributed by atoms with Crippen LogP contribution in [0, 0.1) is 5.82 Å². The van der Waals surface area contributed by atoms with Gasteiger partial charge in [0.15, 0.2) is 0 Å². The number of nitrogens with zero attached hydrogens (tertiary/aromatic N) is 1. The molecule has 1 unspecified atom stereocenters. The van der Waals surface area contributed by atoms with E-state index in [1.165, 1.54) is 12.1 Å². The van der Waals surface area contributed by atoms with Crippen molar-refractivity contribution in [3.05, 3.63) is 65.7 Å². The number of halogens is 1. The Bertz CT molecular complexity index is 511. The van der Waals surface area contributed by atoms with Gasteiger partial charge in [0.2, 0.25) is 0 Å². The van der Waals surface area contributed by atoms with Crippen LogP contribution in [0.2, 0.25) is 0 Å². The van der Waals surface area contributed by atoms with Gasteiger partial charge in [-0.05, 0) is 36.2 Å². The van der Waals surface area contributed by atoms with E-state index in [1.54, 1.807) is 31.5 Å². The summed E-state index contributed by atoms with van der Waals surface area (Å²) in [5.74, 6) is -0.303. The molecule has 1 aromatic heterocycles. The second kappa shape index (κ2) is 5.91. The zero-order valence-corrected chi connectivity index (χ0v) is 10.8. The lowest BCUT2D eigenvalue weighted by Crippen LogP contribution is -2.35. The summed E-state index contributed by atoms with van der Waals surface area (Å²) in [5.41, 5.74) is 0.709. The summed E-state index contributed by atoms with van der Waals surface area (Å²) >= 11 is 0. The maximum atomic E-state index is 12.8. The Labute approximate surface area is 112 Å². The molecule has 0 spiro atoms. The number of pyridine rings is 1. The van der Waals surface area contributed by atoms with Gasteiger partial charge in [0, 0.05) is 25.5 Å². The van der Waals surface area contributed by atoms with E-state index in [9.17, 15) is 9.50 Å². The number of benzene rings is 1. The summed E-state index contributed by atoms with van der Waals surface area (Å²) in [5, 5.41) is 13.5. The Morgan fingerprint density at radius 3 is 2.63 bits per heavy atom. The maximum absolute atomic E-state index is 12.8. The number of nitrogens with one attached hydrogen (secondary N) is 1. The van der Waals surface area contributed by atoms with Crippen LogP contribution >= 0.6 is 0 Å². The van der Waals surface area contributed by atoms with Crippen molar-refractivity contribution in [3.63, 3.8) is 0 Å². The van der Waals surface area contributed by atoms with Gasteiger partial charge in [-0.2, -0.15) is 0 Å². The van der Waals surface area contributed by atoms with Crippen molar-refractivity contribution in [2.24, 2.45) is 0 Å². The summed E-state index contributed by atoms with van der Waals surface area (Å²) in [6.07, 6.45) is 3.50. The molecule has 0 aliphatic heterocycles. The van der Waals surface area contributed by atoms with Gasteiger partial charge in [-0.3, -0.25) is 4.98 Å². The largest absolute Gasteiger partial charge is 0.384 e. The highest BCUT2D eigenvalue weighted by molar-refractivity contribution is 5.22. The molecular formula is C15H17FN2O. The maximum Gasteiger partial charge on any atom is 0.123 e. The van der Waals surface area contributed by atoms with Crippen molar-refractivity contribution in [1.82, 2.24) is 10.3 Å². The third-order valence-electron chi connectivity index (χ3n) is 2.99.